The molecule has 3 aromatic rings. The number of aryl methyl sites for hydroxylation is 1. The molecule has 0 saturated carbocycles. The molecule has 0 aromatic heterocycles. The Morgan fingerprint density at radius 3 is 2.22 bits per heavy atom. The second kappa shape index (κ2) is 13.0. The second-order valence-electron chi connectivity index (χ2n) is 8.07. The van der Waals surface area contributed by atoms with Crippen LogP contribution in [-0.4, -0.2) is 25.2 Å². The fourth-order valence-corrected chi connectivity index (χ4v) is 3.72. The van der Waals surface area contributed by atoms with Crippen molar-refractivity contribution in [1.82, 2.24) is 10.6 Å². The summed E-state index contributed by atoms with van der Waals surface area (Å²) in [5, 5.41) is 8.59. The largest absolute Gasteiger partial charge is 0.493 e. The summed E-state index contributed by atoms with van der Waals surface area (Å²) in [7, 11) is 0. The van der Waals surface area contributed by atoms with Crippen LogP contribution in [0.5, 0.6) is 11.5 Å². The maximum Gasteiger partial charge on any atom is 0.319 e. The molecule has 0 aliphatic rings. The van der Waals surface area contributed by atoms with E-state index >= 15 is 0 Å². The van der Waals surface area contributed by atoms with Gasteiger partial charge in [0.2, 0.25) is 0 Å². The smallest absolute Gasteiger partial charge is 0.319 e. The van der Waals surface area contributed by atoms with Crippen molar-refractivity contribution in [2.75, 3.05) is 24.3 Å². The number of rotatable bonds is 11. The van der Waals surface area contributed by atoms with Gasteiger partial charge >= 0.3 is 6.03 Å². The van der Waals surface area contributed by atoms with E-state index in [1.807, 2.05) is 57.2 Å². The van der Waals surface area contributed by atoms with Gasteiger partial charge in [-0.1, -0.05) is 43.3 Å². The minimum Gasteiger partial charge on any atom is -0.493 e. The lowest BCUT2D eigenvalue weighted by Gasteiger charge is -2.16. The van der Waals surface area contributed by atoms with Gasteiger partial charge in [0.25, 0.3) is 5.91 Å². The zero-order valence-corrected chi connectivity index (χ0v) is 21.0. The van der Waals surface area contributed by atoms with Gasteiger partial charge in [-0.05, 0) is 49.6 Å². The number of nitrogens with one attached hydrogen (secondary N) is 3. The van der Waals surface area contributed by atoms with Crippen molar-refractivity contribution in [3.8, 4) is 11.5 Å². The molecule has 5 N–H and O–H groups in total. The van der Waals surface area contributed by atoms with E-state index < -0.39 is 6.03 Å². The number of ether oxygens (including phenoxy) is 2. The fourth-order valence-electron chi connectivity index (χ4n) is 3.72. The lowest BCUT2D eigenvalue weighted by atomic mass is 10.0. The van der Waals surface area contributed by atoms with E-state index in [-0.39, 0.29) is 12.5 Å². The number of nitrogen functional groups attached to an aromatic ring is 1. The molecule has 36 heavy (non-hydrogen) atoms. The van der Waals surface area contributed by atoms with Crippen LogP contribution in [0.25, 0.3) is 0 Å². The molecule has 0 unspecified atom stereocenters. The molecule has 0 aliphatic heterocycles. The van der Waals surface area contributed by atoms with Gasteiger partial charge in [0, 0.05) is 36.0 Å². The normalized spacial score (nSPS) is 10.4. The van der Waals surface area contributed by atoms with Crippen molar-refractivity contribution >= 4 is 23.3 Å². The highest BCUT2D eigenvalue weighted by molar-refractivity contribution is 5.98. The number of carbonyl (C=O) groups is 2. The first-order chi connectivity index (χ1) is 17.4. The molecule has 0 bridgehead atoms. The summed E-state index contributed by atoms with van der Waals surface area (Å²) in [6, 6.07) is 18.1. The number of urea groups is 1. The predicted octanol–water partition coefficient (Wildman–Crippen LogP) is 4.88. The molecular weight excluding hydrogens is 456 g/mol. The van der Waals surface area contributed by atoms with Crippen molar-refractivity contribution in [2.45, 2.75) is 40.3 Å². The van der Waals surface area contributed by atoms with E-state index in [1.165, 1.54) is 0 Å². The highest BCUT2D eigenvalue weighted by Gasteiger charge is 2.14. The van der Waals surface area contributed by atoms with Crippen LogP contribution < -0.4 is 31.2 Å². The van der Waals surface area contributed by atoms with E-state index in [0.717, 1.165) is 16.7 Å². The average molecular weight is 491 g/mol. The number of hydrogen-bond acceptors (Lipinski definition) is 5. The van der Waals surface area contributed by atoms with Crippen molar-refractivity contribution in [2.24, 2.45) is 0 Å². The summed E-state index contributed by atoms with van der Waals surface area (Å²) in [6.45, 7) is 7.31. The molecule has 8 heteroatoms. The Balaban J connectivity index is 1.67. The lowest BCUT2D eigenvalue weighted by molar-refractivity contribution is 0.0950. The van der Waals surface area contributed by atoms with Crippen LogP contribution in [-0.2, 0) is 19.5 Å². The van der Waals surface area contributed by atoms with Crippen molar-refractivity contribution in [3.63, 3.8) is 0 Å². The molecule has 3 amide bonds. The topological polar surface area (TPSA) is 115 Å². The summed E-state index contributed by atoms with van der Waals surface area (Å²) in [5.41, 5.74) is 10.2. The molecule has 0 radical (unpaired) electrons. The van der Waals surface area contributed by atoms with Crippen molar-refractivity contribution in [3.05, 3.63) is 82.9 Å². The van der Waals surface area contributed by atoms with E-state index in [4.69, 9.17) is 15.2 Å². The molecule has 3 aromatic carbocycles. The molecule has 3 rings (SSSR count). The van der Waals surface area contributed by atoms with E-state index in [9.17, 15) is 9.59 Å². The van der Waals surface area contributed by atoms with Gasteiger partial charge in [0.05, 0.1) is 18.9 Å². The average Bonchev–Trinajstić information content (AvgIpc) is 2.89. The number of amides is 3. The molecule has 0 saturated heterocycles. The number of hydrogen-bond donors (Lipinski definition) is 4. The Hall–Kier alpha value is -4.20. The Morgan fingerprint density at radius 1 is 0.806 bits per heavy atom. The van der Waals surface area contributed by atoms with Crippen LogP contribution in [0.2, 0.25) is 0 Å². The molecule has 8 nitrogen and oxygen atoms in total. The van der Waals surface area contributed by atoms with E-state index in [1.54, 1.807) is 24.3 Å². The van der Waals surface area contributed by atoms with Crippen LogP contribution >= 0.6 is 0 Å². The Morgan fingerprint density at radius 2 is 1.53 bits per heavy atom. The summed E-state index contributed by atoms with van der Waals surface area (Å²) >= 11 is 0. The zero-order chi connectivity index (χ0) is 25.9. The minimum absolute atomic E-state index is 0.188. The van der Waals surface area contributed by atoms with Crippen molar-refractivity contribution in [1.29, 1.82) is 0 Å². The SMILES string of the molecule is CCOc1cc(CNC(=O)Nc2ccc(CC)c(C(=O)NCc3ccccc3)c2)c(OCC)cc1N. The maximum absolute atomic E-state index is 12.9. The summed E-state index contributed by atoms with van der Waals surface area (Å²) < 4.78 is 11.2. The Labute approximate surface area is 212 Å². The zero-order valence-electron chi connectivity index (χ0n) is 21.0. The van der Waals surface area contributed by atoms with Gasteiger partial charge in [-0.2, -0.15) is 0 Å². The van der Waals surface area contributed by atoms with Crippen molar-refractivity contribution < 1.29 is 19.1 Å². The number of anilines is 2. The molecule has 0 fully saturated rings. The van der Waals surface area contributed by atoms with Gasteiger partial charge in [0.1, 0.15) is 11.5 Å². The summed E-state index contributed by atoms with van der Waals surface area (Å²) in [4.78, 5) is 25.5. The van der Waals surface area contributed by atoms with Crippen LogP contribution in [0.1, 0.15) is 47.8 Å². The van der Waals surface area contributed by atoms with Gasteiger partial charge in [0.15, 0.2) is 0 Å². The lowest BCUT2D eigenvalue weighted by Crippen LogP contribution is -2.29. The van der Waals surface area contributed by atoms with Gasteiger partial charge in [-0.15, -0.1) is 0 Å². The minimum atomic E-state index is -0.410. The van der Waals surface area contributed by atoms with Crippen LogP contribution in [0.3, 0.4) is 0 Å². The first-order valence-electron chi connectivity index (χ1n) is 12.1. The van der Waals surface area contributed by atoms with Gasteiger partial charge < -0.3 is 31.2 Å². The summed E-state index contributed by atoms with van der Waals surface area (Å²) in [5.74, 6) is 0.939. The third kappa shape index (κ3) is 7.15. The van der Waals surface area contributed by atoms with E-state index in [2.05, 4.69) is 16.0 Å². The first kappa shape index (κ1) is 26.4. The highest BCUT2D eigenvalue weighted by atomic mass is 16.5. The van der Waals surface area contributed by atoms with Gasteiger partial charge in [-0.25, -0.2) is 4.79 Å². The molecule has 190 valence electrons. The molecule has 0 atom stereocenters. The number of carbonyl (C=O) groups excluding carboxylic acids is 2. The quantitative estimate of drug-likeness (QED) is 0.286. The monoisotopic (exact) mass is 490 g/mol. The van der Waals surface area contributed by atoms with Crippen LogP contribution in [0.4, 0.5) is 16.2 Å². The third-order valence-electron chi connectivity index (χ3n) is 5.52. The fraction of sp³-hybridized carbons (Fsp3) is 0.286. The maximum atomic E-state index is 12.9. The molecule has 0 spiro atoms. The van der Waals surface area contributed by atoms with Crippen LogP contribution in [0.15, 0.2) is 60.7 Å². The van der Waals surface area contributed by atoms with Crippen LogP contribution in [0, 0.1) is 0 Å². The third-order valence-corrected chi connectivity index (χ3v) is 5.52. The Kier molecular flexibility index (Phi) is 9.56. The van der Waals surface area contributed by atoms with Gasteiger partial charge in [-0.3, -0.25) is 4.79 Å². The Bertz CT molecular complexity index is 1180. The first-order valence-corrected chi connectivity index (χ1v) is 12.1. The molecular formula is C28H34N4O4. The standard InChI is InChI=1S/C28H34N4O4/c1-4-20-12-13-22(15-23(20)27(33)30-17-19-10-8-7-9-11-19)32-28(34)31-18-21-14-26(36-6-3)24(29)16-25(21)35-5-2/h7-16H,4-6,17-18,29H2,1-3H3,(H,30,33)(H2,31,32,34). The second-order valence-corrected chi connectivity index (χ2v) is 8.07. The molecule has 0 heterocycles. The predicted molar refractivity (Wildman–Crippen MR) is 142 cm³/mol. The number of benzene rings is 3. The van der Waals surface area contributed by atoms with E-state index in [0.29, 0.717) is 54.6 Å². The highest BCUT2D eigenvalue weighted by Crippen LogP contribution is 2.31. The molecule has 0 aliphatic carbocycles. The number of nitrogens with two attached hydrogens (primary N) is 1. The summed E-state index contributed by atoms with van der Waals surface area (Å²) in [6.07, 6.45) is 0.695.